The maximum Gasteiger partial charge on any atom is 0.407 e. The predicted molar refractivity (Wildman–Crippen MR) is 106 cm³/mol. The van der Waals surface area contributed by atoms with E-state index in [2.05, 4.69) is 10.6 Å². The van der Waals surface area contributed by atoms with Crippen LogP contribution in [0.4, 0.5) is 10.5 Å². The van der Waals surface area contributed by atoms with Crippen molar-refractivity contribution in [1.29, 1.82) is 0 Å². The molecule has 0 aromatic heterocycles. The molecule has 0 aliphatic rings. The van der Waals surface area contributed by atoms with Crippen molar-refractivity contribution < 1.29 is 27.5 Å². The van der Waals surface area contributed by atoms with Crippen LogP contribution < -0.4 is 15.4 Å². The second-order valence-electron chi connectivity index (χ2n) is 7.23. The van der Waals surface area contributed by atoms with E-state index in [1.807, 2.05) is 0 Å². The minimum Gasteiger partial charge on any atom is -0.495 e. The summed E-state index contributed by atoms with van der Waals surface area (Å²) in [5.74, 6) is 0.0154. The van der Waals surface area contributed by atoms with Crippen molar-refractivity contribution in [2.75, 3.05) is 33.1 Å². The number of methoxy groups -OCH3 is 1. The minimum atomic E-state index is -3.64. The Morgan fingerprint density at radius 2 is 1.82 bits per heavy atom. The average Bonchev–Trinajstić information content (AvgIpc) is 2.57. The Bertz CT molecular complexity index is 800. The molecule has 0 spiro atoms. The Kier molecular flexibility index (Phi) is 8.25. The summed E-state index contributed by atoms with van der Waals surface area (Å²) in [4.78, 5) is 23.8. The number of carbonyl (C=O) groups excluding carboxylic acids is 2. The standard InChI is InChI=1S/C18H29N3O6S/c1-18(2,3)27-17(23)19-11-7-8-16(22)20-14-12-13(9-10-15(14)26-6)28(24,25)21(4)5/h9-10,12H,7-8,11H2,1-6H3,(H,19,23)(H,20,22). The van der Waals surface area contributed by atoms with Crippen LogP contribution in [-0.2, 0) is 19.6 Å². The third-order valence-corrected chi connectivity index (χ3v) is 5.28. The van der Waals surface area contributed by atoms with Crippen LogP contribution in [-0.4, -0.2) is 58.1 Å². The molecule has 0 fully saturated rings. The van der Waals surface area contributed by atoms with Gasteiger partial charge in [-0.1, -0.05) is 0 Å². The first-order valence-electron chi connectivity index (χ1n) is 8.74. The lowest BCUT2D eigenvalue weighted by molar-refractivity contribution is -0.116. The van der Waals surface area contributed by atoms with Crippen LogP contribution in [0.3, 0.4) is 0 Å². The van der Waals surface area contributed by atoms with Crippen LogP contribution in [0.15, 0.2) is 23.1 Å². The van der Waals surface area contributed by atoms with Crippen molar-refractivity contribution in [2.45, 2.75) is 44.1 Å². The number of rotatable bonds is 8. The van der Waals surface area contributed by atoms with E-state index >= 15 is 0 Å². The fraction of sp³-hybridized carbons (Fsp3) is 0.556. The average molecular weight is 416 g/mol. The van der Waals surface area contributed by atoms with E-state index in [-0.39, 0.29) is 29.5 Å². The molecule has 1 aromatic carbocycles. The molecule has 0 aliphatic heterocycles. The summed E-state index contributed by atoms with van der Waals surface area (Å²) in [5, 5.41) is 5.22. The van der Waals surface area contributed by atoms with E-state index in [0.29, 0.717) is 12.2 Å². The van der Waals surface area contributed by atoms with Gasteiger partial charge in [0.25, 0.3) is 0 Å². The Morgan fingerprint density at radius 1 is 1.18 bits per heavy atom. The molecule has 1 rings (SSSR count). The van der Waals surface area contributed by atoms with Gasteiger partial charge in [-0.2, -0.15) is 0 Å². The Balaban J connectivity index is 2.67. The Labute approximate surface area is 166 Å². The first-order chi connectivity index (χ1) is 12.9. The molecule has 0 aliphatic carbocycles. The zero-order chi connectivity index (χ0) is 21.5. The lowest BCUT2D eigenvalue weighted by Crippen LogP contribution is -2.33. The molecule has 158 valence electrons. The number of anilines is 1. The quantitative estimate of drug-likeness (QED) is 0.629. The smallest absolute Gasteiger partial charge is 0.407 e. The zero-order valence-electron chi connectivity index (χ0n) is 17.2. The Morgan fingerprint density at radius 3 is 2.36 bits per heavy atom. The number of hydrogen-bond acceptors (Lipinski definition) is 6. The summed E-state index contributed by atoms with van der Waals surface area (Å²) in [6, 6.07) is 4.25. The van der Waals surface area contributed by atoms with Crippen molar-refractivity contribution in [3.05, 3.63) is 18.2 Å². The molecular weight excluding hydrogens is 386 g/mol. The second kappa shape index (κ2) is 9.74. The van der Waals surface area contributed by atoms with E-state index in [9.17, 15) is 18.0 Å². The number of benzene rings is 1. The van der Waals surface area contributed by atoms with Crippen LogP contribution in [0.25, 0.3) is 0 Å². The Hall–Kier alpha value is -2.33. The van der Waals surface area contributed by atoms with Gasteiger partial charge >= 0.3 is 6.09 Å². The number of nitrogens with one attached hydrogen (secondary N) is 2. The van der Waals surface area contributed by atoms with Crippen LogP contribution in [0.2, 0.25) is 0 Å². The number of hydrogen-bond donors (Lipinski definition) is 2. The maximum absolute atomic E-state index is 12.3. The highest BCUT2D eigenvalue weighted by Gasteiger charge is 2.20. The van der Waals surface area contributed by atoms with Gasteiger partial charge < -0.3 is 20.1 Å². The van der Waals surface area contributed by atoms with Crippen molar-refractivity contribution in [3.63, 3.8) is 0 Å². The lowest BCUT2D eigenvalue weighted by atomic mass is 10.2. The van der Waals surface area contributed by atoms with Crippen LogP contribution in [0.1, 0.15) is 33.6 Å². The van der Waals surface area contributed by atoms with Crippen LogP contribution in [0, 0.1) is 0 Å². The van der Waals surface area contributed by atoms with Gasteiger partial charge in [-0.05, 0) is 45.4 Å². The first kappa shape index (κ1) is 23.7. The summed E-state index contributed by atoms with van der Waals surface area (Å²) in [7, 11) is 0.638. The normalized spacial score (nSPS) is 11.8. The lowest BCUT2D eigenvalue weighted by Gasteiger charge is -2.19. The van der Waals surface area contributed by atoms with Crippen LogP contribution >= 0.6 is 0 Å². The topological polar surface area (TPSA) is 114 Å². The monoisotopic (exact) mass is 415 g/mol. The van der Waals surface area contributed by atoms with E-state index < -0.39 is 21.7 Å². The molecule has 0 bridgehead atoms. The number of carbonyl (C=O) groups is 2. The van der Waals surface area contributed by atoms with Gasteiger partial charge in [-0.15, -0.1) is 0 Å². The molecule has 0 radical (unpaired) electrons. The molecule has 0 saturated heterocycles. The minimum absolute atomic E-state index is 0.0418. The van der Waals surface area contributed by atoms with Gasteiger partial charge in [0.05, 0.1) is 17.7 Å². The highest BCUT2D eigenvalue weighted by molar-refractivity contribution is 7.89. The van der Waals surface area contributed by atoms with Crippen molar-refractivity contribution in [1.82, 2.24) is 9.62 Å². The van der Waals surface area contributed by atoms with Gasteiger partial charge in [0.15, 0.2) is 0 Å². The number of amides is 2. The highest BCUT2D eigenvalue weighted by Crippen LogP contribution is 2.28. The molecule has 10 heteroatoms. The summed E-state index contributed by atoms with van der Waals surface area (Å²) < 4.78 is 35.9. The zero-order valence-corrected chi connectivity index (χ0v) is 18.0. The second-order valence-corrected chi connectivity index (χ2v) is 9.38. The molecule has 0 saturated carbocycles. The van der Waals surface area contributed by atoms with Crippen LogP contribution in [0.5, 0.6) is 5.75 Å². The highest BCUT2D eigenvalue weighted by atomic mass is 32.2. The molecule has 2 N–H and O–H groups in total. The maximum atomic E-state index is 12.3. The number of ether oxygens (including phenoxy) is 2. The molecule has 2 amide bonds. The molecule has 0 unspecified atom stereocenters. The number of alkyl carbamates (subject to hydrolysis) is 1. The van der Waals surface area contributed by atoms with Gasteiger partial charge in [-0.3, -0.25) is 4.79 Å². The molecule has 1 aromatic rings. The molecule has 9 nitrogen and oxygen atoms in total. The molecule has 28 heavy (non-hydrogen) atoms. The predicted octanol–water partition coefficient (Wildman–Crippen LogP) is 2.19. The number of sulfonamides is 1. The third-order valence-electron chi connectivity index (χ3n) is 3.47. The summed E-state index contributed by atoms with van der Waals surface area (Å²) in [6.07, 6.45) is -0.0247. The summed E-state index contributed by atoms with van der Waals surface area (Å²) in [6.45, 7) is 5.56. The third kappa shape index (κ3) is 7.35. The van der Waals surface area contributed by atoms with Gasteiger partial charge in [0.1, 0.15) is 11.4 Å². The van der Waals surface area contributed by atoms with Crippen molar-refractivity contribution >= 4 is 27.7 Å². The van der Waals surface area contributed by atoms with E-state index in [1.54, 1.807) is 20.8 Å². The van der Waals surface area contributed by atoms with Gasteiger partial charge in [0, 0.05) is 27.1 Å². The SMILES string of the molecule is COc1ccc(S(=O)(=O)N(C)C)cc1NC(=O)CCCNC(=O)OC(C)(C)C. The fourth-order valence-electron chi connectivity index (χ4n) is 2.12. The first-order valence-corrected chi connectivity index (χ1v) is 10.2. The van der Waals surface area contributed by atoms with Crippen molar-refractivity contribution in [3.8, 4) is 5.75 Å². The largest absolute Gasteiger partial charge is 0.495 e. The van der Waals surface area contributed by atoms with Gasteiger partial charge in [-0.25, -0.2) is 17.5 Å². The fourth-order valence-corrected chi connectivity index (χ4v) is 3.05. The van der Waals surface area contributed by atoms with E-state index in [1.165, 1.54) is 39.4 Å². The summed E-state index contributed by atoms with van der Waals surface area (Å²) >= 11 is 0. The van der Waals surface area contributed by atoms with Gasteiger partial charge in [0.2, 0.25) is 15.9 Å². The number of nitrogens with zero attached hydrogens (tertiary/aromatic N) is 1. The van der Waals surface area contributed by atoms with Crippen molar-refractivity contribution in [2.24, 2.45) is 0 Å². The molecule has 0 heterocycles. The van der Waals surface area contributed by atoms with E-state index in [4.69, 9.17) is 9.47 Å². The molecular formula is C18H29N3O6S. The summed E-state index contributed by atoms with van der Waals surface area (Å²) in [5.41, 5.74) is -0.328. The molecule has 0 atom stereocenters. The van der Waals surface area contributed by atoms with E-state index in [0.717, 1.165) is 4.31 Å².